The molecule has 0 aliphatic heterocycles. The third-order valence-corrected chi connectivity index (χ3v) is 5.86. The minimum absolute atomic E-state index is 0.0503. The van der Waals surface area contributed by atoms with E-state index < -0.39 is 17.4 Å². The number of anilines is 1. The first-order valence-corrected chi connectivity index (χ1v) is 9.85. The Bertz CT molecular complexity index is 1120. The molecule has 0 radical (unpaired) electrons. The second kappa shape index (κ2) is 7.31. The largest absolute Gasteiger partial charge is 0.496 e. The Morgan fingerprint density at radius 1 is 1.34 bits per heavy atom. The van der Waals surface area contributed by atoms with E-state index in [4.69, 9.17) is 16.3 Å². The highest BCUT2D eigenvalue weighted by molar-refractivity contribution is 7.15. The van der Waals surface area contributed by atoms with Crippen molar-refractivity contribution in [1.82, 2.24) is 15.2 Å². The lowest BCUT2D eigenvalue weighted by Gasteiger charge is -2.14. The van der Waals surface area contributed by atoms with E-state index in [0.29, 0.717) is 18.5 Å². The summed E-state index contributed by atoms with van der Waals surface area (Å²) in [5, 5.41) is 10.5. The van der Waals surface area contributed by atoms with E-state index in [0.717, 1.165) is 11.3 Å². The van der Waals surface area contributed by atoms with Crippen molar-refractivity contribution in [3.63, 3.8) is 0 Å². The lowest BCUT2D eigenvalue weighted by molar-refractivity contribution is 0.102. The Balaban J connectivity index is 1.73. The summed E-state index contributed by atoms with van der Waals surface area (Å²) in [7, 11) is 1.40. The molecule has 1 N–H and O–H groups in total. The highest BCUT2D eigenvalue weighted by Gasteiger charge is 2.48. The van der Waals surface area contributed by atoms with E-state index in [-0.39, 0.29) is 37.6 Å². The molecule has 1 amide bonds. The normalized spacial score (nSPS) is 14.5. The molecule has 1 aliphatic carbocycles. The fraction of sp³-hybridized carbons (Fsp3) is 0.263. The first-order valence-electron chi connectivity index (χ1n) is 8.65. The number of aromatic nitrogens is 3. The number of halogens is 3. The zero-order chi connectivity index (χ0) is 20.8. The lowest BCUT2D eigenvalue weighted by atomic mass is 9.98. The van der Waals surface area contributed by atoms with Gasteiger partial charge in [-0.25, -0.2) is 8.78 Å². The first-order chi connectivity index (χ1) is 13.8. The summed E-state index contributed by atoms with van der Waals surface area (Å²) in [4.78, 5) is 17.0. The van der Waals surface area contributed by atoms with Crippen LogP contribution < -0.4 is 10.1 Å². The Labute approximate surface area is 173 Å². The summed E-state index contributed by atoms with van der Waals surface area (Å²) in [5.74, 6) is -1.07. The van der Waals surface area contributed by atoms with Gasteiger partial charge in [0.1, 0.15) is 5.75 Å². The van der Waals surface area contributed by atoms with E-state index >= 15 is 0 Å². The number of rotatable bonds is 5. The number of alkyl halides is 1. The number of pyridine rings is 1. The van der Waals surface area contributed by atoms with Crippen molar-refractivity contribution in [3.8, 4) is 16.9 Å². The molecule has 2 heterocycles. The molecular formula is C19H15ClF2N4O2S. The van der Waals surface area contributed by atoms with Gasteiger partial charge >= 0.3 is 0 Å². The SMILES string of the molecule is COc1ccc(Cl)c(F)c1-c1cc(C)ncc1C(=O)Nc1nnc(C2(F)CC2)s1. The number of aryl methyl sites for hydroxylation is 1. The molecule has 150 valence electrons. The van der Waals surface area contributed by atoms with E-state index in [1.807, 2.05) is 0 Å². The molecule has 2 aromatic heterocycles. The molecule has 4 rings (SSSR count). The van der Waals surface area contributed by atoms with Crippen LogP contribution in [0.25, 0.3) is 11.1 Å². The lowest BCUT2D eigenvalue weighted by Crippen LogP contribution is -2.14. The molecule has 0 spiro atoms. The predicted molar refractivity (Wildman–Crippen MR) is 106 cm³/mol. The van der Waals surface area contributed by atoms with Crippen LogP contribution in [0.3, 0.4) is 0 Å². The highest BCUT2D eigenvalue weighted by atomic mass is 35.5. The van der Waals surface area contributed by atoms with Crippen molar-refractivity contribution in [1.29, 1.82) is 0 Å². The van der Waals surface area contributed by atoms with E-state index in [1.165, 1.54) is 25.4 Å². The monoisotopic (exact) mass is 436 g/mol. The number of benzene rings is 1. The number of carbonyl (C=O) groups excluding carboxylic acids is 1. The first kappa shape index (κ1) is 19.7. The molecule has 6 nitrogen and oxygen atoms in total. The summed E-state index contributed by atoms with van der Waals surface area (Å²) in [6.45, 7) is 1.72. The second-order valence-corrected chi connectivity index (χ2v) is 8.03. The minimum Gasteiger partial charge on any atom is -0.496 e. The number of amides is 1. The van der Waals surface area contributed by atoms with Gasteiger partial charge in [-0.15, -0.1) is 10.2 Å². The minimum atomic E-state index is -1.44. The maximum absolute atomic E-state index is 14.9. The van der Waals surface area contributed by atoms with Crippen LogP contribution in [0.15, 0.2) is 24.4 Å². The fourth-order valence-electron chi connectivity index (χ4n) is 2.84. The molecule has 0 saturated heterocycles. The van der Waals surface area contributed by atoms with E-state index in [9.17, 15) is 13.6 Å². The van der Waals surface area contributed by atoms with Gasteiger partial charge in [-0.05, 0) is 38.0 Å². The van der Waals surface area contributed by atoms with Crippen LogP contribution in [0.5, 0.6) is 5.75 Å². The molecule has 1 aromatic carbocycles. The topological polar surface area (TPSA) is 77.0 Å². The summed E-state index contributed by atoms with van der Waals surface area (Å²) in [6, 6.07) is 4.46. The summed E-state index contributed by atoms with van der Waals surface area (Å²) in [5.41, 5.74) is -0.457. The Morgan fingerprint density at radius 3 is 2.79 bits per heavy atom. The quantitative estimate of drug-likeness (QED) is 0.614. The fourth-order valence-corrected chi connectivity index (χ4v) is 3.88. The molecule has 0 atom stereocenters. The molecule has 29 heavy (non-hydrogen) atoms. The Kier molecular flexibility index (Phi) is 4.95. The number of methoxy groups -OCH3 is 1. The molecular weight excluding hydrogens is 422 g/mol. The van der Waals surface area contributed by atoms with Gasteiger partial charge in [0, 0.05) is 17.5 Å². The Morgan fingerprint density at radius 2 is 2.10 bits per heavy atom. The van der Waals surface area contributed by atoms with E-state index in [2.05, 4.69) is 20.5 Å². The van der Waals surface area contributed by atoms with Gasteiger partial charge in [0.25, 0.3) is 5.91 Å². The molecule has 1 fully saturated rings. The summed E-state index contributed by atoms with van der Waals surface area (Å²) >= 11 is 6.92. The number of ether oxygens (including phenoxy) is 1. The average Bonchev–Trinajstić information content (AvgIpc) is 3.26. The smallest absolute Gasteiger partial charge is 0.259 e. The number of carbonyl (C=O) groups is 1. The van der Waals surface area contributed by atoms with Crippen LogP contribution in [0.1, 0.15) is 33.9 Å². The van der Waals surface area contributed by atoms with Gasteiger partial charge < -0.3 is 4.74 Å². The molecule has 1 saturated carbocycles. The van der Waals surface area contributed by atoms with Crippen LogP contribution in [0, 0.1) is 12.7 Å². The summed E-state index contributed by atoms with van der Waals surface area (Å²) < 4.78 is 34.2. The van der Waals surface area contributed by atoms with Crippen LogP contribution in [-0.4, -0.2) is 28.2 Å². The average molecular weight is 437 g/mol. The molecule has 0 unspecified atom stereocenters. The number of nitrogens with one attached hydrogen (secondary N) is 1. The van der Waals surface area contributed by atoms with Crippen LogP contribution >= 0.6 is 22.9 Å². The molecule has 0 bridgehead atoms. The van der Waals surface area contributed by atoms with E-state index in [1.54, 1.807) is 13.0 Å². The van der Waals surface area contributed by atoms with Gasteiger partial charge in [-0.3, -0.25) is 15.1 Å². The van der Waals surface area contributed by atoms with Crippen molar-refractivity contribution in [2.24, 2.45) is 0 Å². The zero-order valence-electron chi connectivity index (χ0n) is 15.4. The van der Waals surface area contributed by atoms with Crippen LogP contribution in [0.2, 0.25) is 5.02 Å². The molecule has 3 aromatic rings. The third-order valence-electron chi connectivity index (χ3n) is 4.55. The van der Waals surface area contributed by atoms with Crippen molar-refractivity contribution in [2.45, 2.75) is 25.4 Å². The summed E-state index contributed by atoms with van der Waals surface area (Å²) in [6.07, 6.45) is 2.13. The van der Waals surface area contributed by atoms with Gasteiger partial charge in [-0.1, -0.05) is 22.9 Å². The van der Waals surface area contributed by atoms with Gasteiger partial charge in [0.05, 0.1) is 23.3 Å². The van der Waals surface area contributed by atoms with Crippen molar-refractivity contribution in [3.05, 3.63) is 51.5 Å². The van der Waals surface area contributed by atoms with Crippen molar-refractivity contribution >= 4 is 34.0 Å². The third kappa shape index (κ3) is 3.67. The number of nitrogens with zero attached hydrogens (tertiary/aromatic N) is 3. The maximum Gasteiger partial charge on any atom is 0.259 e. The van der Waals surface area contributed by atoms with Crippen LogP contribution in [0.4, 0.5) is 13.9 Å². The van der Waals surface area contributed by atoms with Gasteiger partial charge in [-0.2, -0.15) is 0 Å². The van der Waals surface area contributed by atoms with Crippen molar-refractivity contribution in [2.75, 3.05) is 12.4 Å². The number of hydrogen-bond donors (Lipinski definition) is 1. The predicted octanol–water partition coefficient (Wildman–Crippen LogP) is 4.92. The number of hydrogen-bond acceptors (Lipinski definition) is 6. The second-order valence-electron chi connectivity index (χ2n) is 6.64. The van der Waals surface area contributed by atoms with Crippen molar-refractivity contribution < 1.29 is 18.3 Å². The zero-order valence-corrected chi connectivity index (χ0v) is 17.0. The standard InChI is InChI=1S/C19H15ClF2N4O2S/c1-9-7-10(14-13(28-2)4-3-12(20)15(14)21)11(8-23-9)16(27)24-18-26-25-17(29-18)19(22)5-6-19/h3-4,7-8H,5-6H2,1-2H3,(H,24,26,27). The Hall–Kier alpha value is -2.65. The van der Waals surface area contributed by atoms with Gasteiger partial charge in [0.2, 0.25) is 5.13 Å². The molecule has 10 heteroatoms. The highest BCUT2D eigenvalue weighted by Crippen LogP contribution is 2.50. The molecule has 1 aliphatic rings. The van der Waals surface area contributed by atoms with Gasteiger partial charge in [0.15, 0.2) is 16.5 Å². The maximum atomic E-state index is 14.9. The van der Waals surface area contributed by atoms with Crippen LogP contribution in [-0.2, 0) is 5.67 Å².